The van der Waals surface area contributed by atoms with Crippen molar-refractivity contribution in [1.82, 2.24) is 10.2 Å². The molecule has 15 heteroatoms. The molecule has 3 aromatic rings. The molecule has 14 nitrogen and oxygen atoms in total. The number of carbonyl (C=O) groups excluding carboxylic acids is 2. The van der Waals surface area contributed by atoms with Crippen LogP contribution in [0.15, 0.2) is 83.6 Å². The van der Waals surface area contributed by atoms with Gasteiger partial charge >= 0.3 is 11.9 Å². The van der Waals surface area contributed by atoms with Crippen molar-refractivity contribution in [2.24, 2.45) is 0 Å². The normalized spacial score (nSPS) is 15.4. The molecule has 3 aromatic carbocycles. The van der Waals surface area contributed by atoms with Gasteiger partial charge in [0.2, 0.25) is 0 Å². The van der Waals surface area contributed by atoms with E-state index in [1.807, 2.05) is 28.2 Å². The molecule has 0 aromatic heterocycles. The number of fused-ring (bicyclic) bond motifs is 2. The fourth-order valence-electron chi connectivity index (χ4n) is 6.89. The molecular weight excluding hydrogens is 735 g/mol. The third-order valence-electron chi connectivity index (χ3n) is 9.95. The molecular formula is C41H49N5O9Si. The Morgan fingerprint density at radius 3 is 2.23 bits per heavy atom. The fourth-order valence-corrected chi connectivity index (χ4v) is 10.0. The van der Waals surface area contributed by atoms with Crippen LogP contribution in [0.3, 0.4) is 0 Å². The van der Waals surface area contributed by atoms with Gasteiger partial charge in [-0.25, -0.2) is 9.59 Å². The quantitative estimate of drug-likeness (QED) is 0.0567. The molecule has 2 aliphatic rings. The topological polar surface area (TPSA) is 173 Å². The number of rotatable bonds is 17. The van der Waals surface area contributed by atoms with Gasteiger partial charge in [-0.2, -0.15) is 0 Å². The molecule has 1 aliphatic carbocycles. The van der Waals surface area contributed by atoms with Crippen LogP contribution in [-0.2, 0) is 14.2 Å². The Balaban J connectivity index is 1.22. The highest BCUT2D eigenvalue weighted by Gasteiger charge is 2.41. The van der Waals surface area contributed by atoms with E-state index < -0.39 is 24.9 Å². The number of carbonyl (C=O) groups is 3. The molecule has 5 rings (SSSR count). The predicted molar refractivity (Wildman–Crippen MR) is 219 cm³/mol. The molecule has 3 N–H and O–H groups in total. The van der Waals surface area contributed by atoms with Crippen LogP contribution in [0.2, 0.25) is 13.1 Å². The van der Waals surface area contributed by atoms with E-state index in [1.54, 1.807) is 6.07 Å². The van der Waals surface area contributed by atoms with E-state index in [9.17, 15) is 29.6 Å². The third kappa shape index (κ3) is 9.08. The maximum absolute atomic E-state index is 13.4. The lowest BCUT2D eigenvalue weighted by Gasteiger charge is -2.40. The summed E-state index contributed by atoms with van der Waals surface area (Å²) >= 11 is 0. The first-order valence-electron chi connectivity index (χ1n) is 18.2. The molecule has 0 fully saturated rings. The second-order valence-electron chi connectivity index (χ2n) is 14.4. The van der Waals surface area contributed by atoms with Crippen molar-refractivity contribution in [3.05, 3.63) is 122 Å². The second-order valence-corrected chi connectivity index (χ2v) is 18.7. The first kappa shape index (κ1) is 41.5. The number of nitrogens with one attached hydrogen (secondary N) is 2. The van der Waals surface area contributed by atoms with E-state index in [2.05, 4.69) is 74.7 Å². The van der Waals surface area contributed by atoms with Crippen LogP contribution in [-0.4, -0.2) is 122 Å². The Hall–Kier alpha value is -5.61. The molecule has 1 heterocycles. The maximum atomic E-state index is 13.4. The van der Waals surface area contributed by atoms with Crippen molar-refractivity contribution in [3.63, 3.8) is 0 Å². The standard InChI is InChI=1S/C41H49N5O9Si/c1-44(2)28-10-13-31-36(24-28)56(6,7)37-25-29(45(3)4)11-14-32(37)38(31)33-22-26(8-12-30(33)40(48)49)39(47)43-17-19-55-21-20-54-18-16-42-34-15-9-27(41(50)53-5)23-35(34)46(51)52/h8-15,22-25,28,42H,16-21H2,1-7H3,(H,43,47)(H,48,49). The van der Waals surface area contributed by atoms with E-state index in [0.717, 1.165) is 28.5 Å². The summed E-state index contributed by atoms with van der Waals surface area (Å²) in [5.74, 6) is -2.10. The summed E-state index contributed by atoms with van der Waals surface area (Å²) in [5, 5.41) is 30.1. The number of anilines is 2. The average molecular weight is 784 g/mol. The Bertz CT molecular complexity index is 2110. The number of carboxylic acids is 1. The molecule has 1 aliphatic heterocycles. The number of likely N-dealkylation sites (N-methyl/N-ethyl adjacent to an activating group) is 1. The number of aromatic carboxylic acids is 1. The molecule has 1 atom stereocenters. The van der Waals surface area contributed by atoms with Crippen molar-refractivity contribution in [3.8, 4) is 0 Å². The summed E-state index contributed by atoms with van der Waals surface area (Å²) < 4.78 is 15.8. The number of carboxylic acid groups (broad SMARTS) is 1. The number of allylic oxidation sites excluding steroid dienone is 3. The minimum absolute atomic E-state index is 0.0786. The Kier molecular flexibility index (Phi) is 13.3. The number of nitrogens with zero attached hydrogens (tertiary/aromatic N) is 3. The number of hydrogen-bond acceptors (Lipinski definition) is 11. The summed E-state index contributed by atoms with van der Waals surface area (Å²) in [6.07, 6.45) is 6.54. The lowest BCUT2D eigenvalue weighted by Crippen LogP contribution is -2.50. The lowest BCUT2D eigenvalue weighted by molar-refractivity contribution is -0.384. The molecule has 1 amide bonds. The summed E-state index contributed by atoms with van der Waals surface area (Å²) in [5.41, 5.74) is 4.85. The minimum Gasteiger partial charge on any atom is -0.478 e. The van der Waals surface area contributed by atoms with Gasteiger partial charge in [0.15, 0.2) is 0 Å². The molecule has 0 spiro atoms. The number of amides is 1. The summed E-state index contributed by atoms with van der Waals surface area (Å²) in [6.45, 7) is 6.13. The zero-order chi connectivity index (χ0) is 40.7. The Morgan fingerprint density at radius 2 is 1.59 bits per heavy atom. The van der Waals surface area contributed by atoms with Crippen LogP contribution >= 0.6 is 0 Å². The van der Waals surface area contributed by atoms with Crippen LogP contribution in [0.25, 0.3) is 5.57 Å². The first-order valence-corrected chi connectivity index (χ1v) is 21.2. The van der Waals surface area contributed by atoms with Gasteiger partial charge in [0, 0.05) is 50.5 Å². The maximum Gasteiger partial charge on any atom is 0.338 e. The van der Waals surface area contributed by atoms with Crippen molar-refractivity contribution in [2.75, 3.05) is 85.0 Å². The number of nitro groups is 1. The highest BCUT2D eigenvalue weighted by atomic mass is 28.3. The van der Waals surface area contributed by atoms with Crippen molar-refractivity contribution < 1.29 is 38.6 Å². The lowest BCUT2D eigenvalue weighted by atomic mass is 9.86. The zero-order valence-corrected chi connectivity index (χ0v) is 33.8. The van der Waals surface area contributed by atoms with Crippen LogP contribution in [0.1, 0.15) is 42.2 Å². The minimum atomic E-state index is -2.25. The number of nitro benzene ring substituents is 1. The average Bonchev–Trinajstić information content (AvgIpc) is 3.17. The van der Waals surface area contributed by atoms with Crippen LogP contribution in [0.4, 0.5) is 17.1 Å². The van der Waals surface area contributed by atoms with Crippen molar-refractivity contribution >= 4 is 53.7 Å². The van der Waals surface area contributed by atoms with E-state index in [1.165, 1.54) is 41.8 Å². The number of ether oxygens (including phenoxy) is 3. The van der Waals surface area contributed by atoms with Crippen LogP contribution < -0.4 is 20.7 Å². The molecule has 296 valence electrons. The van der Waals surface area contributed by atoms with Gasteiger partial charge in [0.25, 0.3) is 11.6 Å². The van der Waals surface area contributed by atoms with Gasteiger partial charge in [-0.05, 0) is 89.2 Å². The summed E-state index contributed by atoms with van der Waals surface area (Å²) in [7, 11) is 7.05. The summed E-state index contributed by atoms with van der Waals surface area (Å²) in [6, 6.07) is 15.2. The van der Waals surface area contributed by atoms with Crippen molar-refractivity contribution in [1.29, 1.82) is 0 Å². The Labute approximate surface area is 327 Å². The second kappa shape index (κ2) is 17.9. The van der Waals surface area contributed by atoms with Gasteiger partial charge < -0.3 is 34.9 Å². The smallest absolute Gasteiger partial charge is 0.338 e. The third-order valence-corrected chi connectivity index (χ3v) is 13.5. The zero-order valence-electron chi connectivity index (χ0n) is 32.8. The first-order chi connectivity index (χ1) is 26.6. The SMILES string of the molecule is COC(=O)c1ccc(NCCOCCOCCNC(=O)c2ccc(C(=O)O)c(C3=C4C=CC(N(C)C)C=C4[Si](C)(C)c4cc(N(C)C)ccc43)c2)c([N+](=O)[O-])c1. The Morgan fingerprint density at radius 1 is 0.893 bits per heavy atom. The largest absolute Gasteiger partial charge is 0.478 e. The molecule has 0 bridgehead atoms. The van der Waals surface area contributed by atoms with Crippen molar-refractivity contribution in [2.45, 2.75) is 19.1 Å². The van der Waals surface area contributed by atoms with E-state index in [-0.39, 0.29) is 74.0 Å². The molecule has 0 radical (unpaired) electrons. The van der Waals surface area contributed by atoms with E-state index >= 15 is 0 Å². The van der Waals surface area contributed by atoms with Gasteiger partial charge in [-0.1, -0.05) is 37.4 Å². The predicted octanol–water partition coefficient (Wildman–Crippen LogP) is 4.72. The fraction of sp³-hybridized carbons (Fsp3) is 0.341. The van der Waals surface area contributed by atoms with Gasteiger partial charge in [-0.3, -0.25) is 19.8 Å². The molecule has 0 saturated carbocycles. The van der Waals surface area contributed by atoms with E-state index in [4.69, 9.17) is 9.47 Å². The van der Waals surface area contributed by atoms with Gasteiger partial charge in [0.1, 0.15) is 13.8 Å². The molecule has 0 saturated heterocycles. The van der Waals surface area contributed by atoms with E-state index in [0.29, 0.717) is 11.1 Å². The summed E-state index contributed by atoms with van der Waals surface area (Å²) in [4.78, 5) is 52.9. The molecule has 1 unspecified atom stereocenters. The van der Waals surface area contributed by atoms with Gasteiger partial charge in [0.05, 0.1) is 49.6 Å². The molecule has 56 heavy (non-hydrogen) atoms. The number of methoxy groups -OCH3 is 1. The highest BCUT2D eigenvalue weighted by Crippen LogP contribution is 2.43. The van der Waals surface area contributed by atoms with Gasteiger partial charge in [-0.15, -0.1) is 0 Å². The number of benzene rings is 3. The van der Waals surface area contributed by atoms with Crippen LogP contribution in [0.5, 0.6) is 0 Å². The number of esters is 1. The monoisotopic (exact) mass is 783 g/mol. The number of hydrogen-bond donors (Lipinski definition) is 3. The highest BCUT2D eigenvalue weighted by molar-refractivity contribution is 6.97. The van der Waals surface area contributed by atoms with Crippen LogP contribution in [0, 0.1) is 10.1 Å².